The average molecular weight is 257 g/mol. The molecule has 4 nitrogen and oxygen atoms in total. The first-order chi connectivity index (χ1) is 9.36. The average Bonchev–Trinajstić information content (AvgIpc) is 3.10. The van der Waals surface area contributed by atoms with E-state index in [9.17, 15) is 5.11 Å². The second kappa shape index (κ2) is 5.55. The minimum absolute atomic E-state index is 0.269. The van der Waals surface area contributed by atoms with Gasteiger partial charge in [0.25, 0.3) is 0 Å². The molecule has 19 heavy (non-hydrogen) atoms. The Morgan fingerprint density at radius 3 is 2.79 bits per heavy atom. The topological polar surface area (TPSA) is 41.3 Å². The molecule has 1 saturated heterocycles. The van der Waals surface area contributed by atoms with Gasteiger partial charge in [-0.3, -0.25) is 4.90 Å². The molecule has 1 aromatic carbocycles. The summed E-state index contributed by atoms with van der Waals surface area (Å²) in [4.78, 5) is 2.36. The van der Waals surface area contributed by atoms with Crippen LogP contribution in [0.1, 0.15) is 18.4 Å². The molecule has 1 aliphatic rings. The van der Waals surface area contributed by atoms with E-state index in [0.717, 1.165) is 25.2 Å². The van der Waals surface area contributed by atoms with Gasteiger partial charge in [0.05, 0.1) is 12.3 Å². The molecule has 1 aliphatic heterocycles. The summed E-state index contributed by atoms with van der Waals surface area (Å²) in [5, 5.41) is 13.5. The molecule has 0 unspecified atom stereocenters. The number of nitrogens with zero attached hydrogens (tertiary/aromatic N) is 3. The first kappa shape index (κ1) is 12.4. The number of rotatable bonds is 4. The first-order valence-electron chi connectivity index (χ1n) is 6.80. The molecular weight excluding hydrogens is 238 g/mol. The van der Waals surface area contributed by atoms with E-state index in [1.165, 1.54) is 12.0 Å². The van der Waals surface area contributed by atoms with Crippen molar-refractivity contribution in [1.29, 1.82) is 0 Å². The molecular formula is C15H19N3O. The fourth-order valence-corrected chi connectivity index (χ4v) is 2.72. The Bertz CT molecular complexity index is 507. The number of aromatic nitrogens is 2. The van der Waals surface area contributed by atoms with Crippen LogP contribution in [0.5, 0.6) is 0 Å². The van der Waals surface area contributed by atoms with Crippen LogP contribution in [0.2, 0.25) is 0 Å². The summed E-state index contributed by atoms with van der Waals surface area (Å²) in [5.74, 6) is 0. The molecule has 3 rings (SSSR count). The van der Waals surface area contributed by atoms with E-state index in [1.54, 1.807) is 6.20 Å². The van der Waals surface area contributed by atoms with Gasteiger partial charge in [0, 0.05) is 25.0 Å². The van der Waals surface area contributed by atoms with Crippen molar-refractivity contribution in [3.8, 4) is 5.69 Å². The Morgan fingerprint density at radius 2 is 2.11 bits per heavy atom. The van der Waals surface area contributed by atoms with Crippen LogP contribution in [0.25, 0.3) is 5.69 Å². The van der Waals surface area contributed by atoms with Crippen molar-refractivity contribution in [2.45, 2.75) is 25.4 Å². The maximum absolute atomic E-state index is 9.33. The molecule has 2 heterocycles. The lowest BCUT2D eigenvalue weighted by atomic mass is 10.1. The fraction of sp³-hybridized carbons (Fsp3) is 0.400. The molecule has 0 amide bonds. The summed E-state index contributed by atoms with van der Waals surface area (Å²) in [6.07, 6.45) is 6.03. The maximum atomic E-state index is 9.33. The molecule has 2 aromatic rings. The van der Waals surface area contributed by atoms with E-state index in [1.807, 2.05) is 16.9 Å². The molecule has 4 heteroatoms. The summed E-state index contributed by atoms with van der Waals surface area (Å²) in [6, 6.07) is 10.7. The Labute approximate surface area is 113 Å². The zero-order chi connectivity index (χ0) is 13.1. The van der Waals surface area contributed by atoms with Crippen LogP contribution in [0.15, 0.2) is 42.7 Å². The van der Waals surface area contributed by atoms with Gasteiger partial charge in [0.2, 0.25) is 0 Å². The third-order valence-corrected chi connectivity index (χ3v) is 3.80. The van der Waals surface area contributed by atoms with Crippen molar-refractivity contribution >= 4 is 0 Å². The zero-order valence-corrected chi connectivity index (χ0v) is 10.9. The van der Waals surface area contributed by atoms with Crippen LogP contribution in [0, 0.1) is 0 Å². The third-order valence-electron chi connectivity index (χ3n) is 3.80. The Kier molecular flexibility index (Phi) is 3.62. The molecule has 0 bridgehead atoms. The molecule has 0 spiro atoms. The molecule has 1 atom stereocenters. The van der Waals surface area contributed by atoms with Crippen molar-refractivity contribution < 1.29 is 5.11 Å². The highest BCUT2D eigenvalue weighted by Gasteiger charge is 2.23. The van der Waals surface area contributed by atoms with Gasteiger partial charge in [-0.15, -0.1) is 0 Å². The zero-order valence-electron chi connectivity index (χ0n) is 10.9. The van der Waals surface area contributed by atoms with Gasteiger partial charge in [-0.2, -0.15) is 5.10 Å². The monoisotopic (exact) mass is 257 g/mol. The first-order valence-corrected chi connectivity index (χ1v) is 6.80. The summed E-state index contributed by atoms with van der Waals surface area (Å²) in [7, 11) is 0. The molecule has 1 aromatic heterocycles. The summed E-state index contributed by atoms with van der Waals surface area (Å²) < 4.78 is 1.86. The van der Waals surface area contributed by atoms with Crippen molar-refractivity contribution in [1.82, 2.24) is 14.7 Å². The van der Waals surface area contributed by atoms with E-state index in [4.69, 9.17) is 0 Å². The lowest BCUT2D eigenvalue weighted by molar-refractivity contribution is 0.153. The Hall–Kier alpha value is -1.65. The predicted octanol–water partition coefficient (Wildman–Crippen LogP) is 1.83. The van der Waals surface area contributed by atoms with Crippen LogP contribution in [-0.4, -0.2) is 39.0 Å². The minimum atomic E-state index is 0.269. The number of hydrogen-bond acceptors (Lipinski definition) is 3. The largest absolute Gasteiger partial charge is 0.395 e. The summed E-state index contributed by atoms with van der Waals surface area (Å²) >= 11 is 0. The van der Waals surface area contributed by atoms with Gasteiger partial charge >= 0.3 is 0 Å². The standard InChI is InChI=1S/C15H19N3O/c19-12-15-3-1-9-17(15)11-13-4-6-14(7-5-13)18-10-2-8-16-18/h2,4-8,10,15,19H,1,3,9,11-12H2/t15-/m0/s1. The van der Waals surface area contributed by atoms with Crippen LogP contribution < -0.4 is 0 Å². The van der Waals surface area contributed by atoms with E-state index in [-0.39, 0.29) is 6.61 Å². The third kappa shape index (κ3) is 2.69. The van der Waals surface area contributed by atoms with E-state index >= 15 is 0 Å². The normalized spacial score (nSPS) is 19.9. The van der Waals surface area contributed by atoms with Crippen LogP contribution in [0.3, 0.4) is 0 Å². The highest BCUT2D eigenvalue weighted by atomic mass is 16.3. The number of aliphatic hydroxyl groups excluding tert-OH is 1. The van der Waals surface area contributed by atoms with Crippen LogP contribution in [0.4, 0.5) is 0 Å². The van der Waals surface area contributed by atoms with Gasteiger partial charge in [0.1, 0.15) is 0 Å². The van der Waals surface area contributed by atoms with Gasteiger partial charge < -0.3 is 5.11 Å². The molecule has 0 aliphatic carbocycles. The fourth-order valence-electron chi connectivity index (χ4n) is 2.72. The molecule has 0 radical (unpaired) electrons. The van der Waals surface area contributed by atoms with Crippen molar-refractivity contribution in [3.63, 3.8) is 0 Å². The van der Waals surface area contributed by atoms with Gasteiger partial charge in [-0.25, -0.2) is 4.68 Å². The lowest BCUT2D eigenvalue weighted by Crippen LogP contribution is -2.31. The van der Waals surface area contributed by atoms with Crippen molar-refractivity contribution in [2.24, 2.45) is 0 Å². The maximum Gasteiger partial charge on any atom is 0.0645 e. The SMILES string of the molecule is OC[C@@H]1CCCN1Cc1ccc(-n2cccn2)cc1. The van der Waals surface area contributed by atoms with E-state index in [0.29, 0.717) is 6.04 Å². The number of likely N-dealkylation sites (tertiary alicyclic amines) is 1. The predicted molar refractivity (Wildman–Crippen MR) is 74.1 cm³/mol. The molecule has 100 valence electrons. The van der Waals surface area contributed by atoms with Crippen LogP contribution in [-0.2, 0) is 6.54 Å². The Morgan fingerprint density at radius 1 is 1.26 bits per heavy atom. The summed E-state index contributed by atoms with van der Waals surface area (Å²) in [5.41, 5.74) is 2.37. The van der Waals surface area contributed by atoms with Gasteiger partial charge in [-0.05, 0) is 43.1 Å². The number of benzene rings is 1. The smallest absolute Gasteiger partial charge is 0.0645 e. The summed E-state index contributed by atoms with van der Waals surface area (Å²) in [6.45, 7) is 2.28. The minimum Gasteiger partial charge on any atom is -0.395 e. The highest BCUT2D eigenvalue weighted by Crippen LogP contribution is 2.20. The van der Waals surface area contributed by atoms with Gasteiger partial charge in [0.15, 0.2) is 0 Å². The molecule has 1 fully saturated rings. The van der Waals surface area contributed by atoms with E-state index < -0.39 is 0 Å². The quantitative estimate of drug-likeness (QED) is 0.908. The number of aliphatic hydroxyl groups is 1. The van der Waals surface area contributed by atoms with Gasteiger partial charge in [-0.1, -0.05) is 12.1 Å². The number of hydrogen-bond donors (Lipinski definition) is 1. The van der Waals surface area contributed by atoms with Crippen molar-refractivity contribution in [2.75, 3.05) is 13.2 Å². The second-order valence-electron chi connectivity index (χ2n) is 5.07. The Balaban J connectivity index is 1.69. The highest BCUT2D eigenvalue weighted by molar-refractivity contribution is 5.33. The van der Waals surface area contributed by atoms with Crippen molar-refractivity contribution in [3.05, 3.63) is 48.3 Å². The molecule has 1 N–H and O–H groups in total. The second-order valence-corrected chi connectivity index (χ2v) is 5.07. The lowest BCUT2D eigenvalue weighted by Gasteiger charge is -2.22. The molecule has 0 saturated carbocycles. The van der Waals surface area contributed by atoms with Crippen LogP contribution >= 0.6 is 0 Å². The van der Waals surface area contributed by atoms with E-state index in [2.05, 4.69) is 34.3 Å².